The van der Waals surface area contributed by atoms with Crippen LogP contribution in [0.4, 0.5) is 0 Å². The average Bonchev–Trinajstić information content (AvgIpc) is 2.75. The zero-order chi connectivity index (χ0) is 13.1. The van der Waals surface area contributed by atoms with Crippen LogP contribution in [0.2, 0.25) is 0 Å². The molecule has 1 heterocycles. The van der Waals surface area contributed by atoms with Gasteiger partial charge in [0.15, 0.2) is 0 Å². The molecule has 0 unspecified atom stereocenters. The van der Waals surface area contributed by atoms with E-state index in [1.807, 2.05) is 13.8 Å². The van der Waals surface area contributed by atoms with Gasteiger partial charge in [-0.15, -0.1) is 0 Å². The lowest BCUT2D eigenvalue weighted by molar-refractivity contribution is 0.0656. The maximum absolute atomic E-state index is 11.8. The number of rotatable bonds is 6. The molecule has 0 spiro atoms. The number of hydrogen-bond acceptors (Lipinski definition) is 4. The third-order valence-electron chi connectivity index (χ3n) is 2.36. The molecule has 96 valence electrons. The standard InChI is InChI=1S/C10H15NO5S/c1-3-7(4-2)11-17(14,15)9-6-5-8(16-9)10(12)13/h5-7,11H,3-4H2,1-2H3,(H,12,13). The van der Waals surface area contributed by atoms with Crippen LogP contribution in [0.25, 0.3) is 0 Å². The first-order valence-electron chi connectivity index (χ1n) is 5.26. The van der Waals surface area contributed by atoms with E-state index in [9.17, 15) is 13.2 Å². The topological polar surface area (TPSA) is 96.6 Å². The van der Waals surface area contributed by atoms with Crippen LogP contribution in [0.3, 0.4) is 0 Å². The van der Waals surface area contributed by atoms with Crippen molar-refractivity contribution in [3.8, 4) is 0 Å². The van der Waals surface area contributed by atoms with E-state index in [2.05, 4.69) is 4.72 Å². The van der Waals surface area contributed by atoms with Crippen molar-refractivity contribution < 1.29 is 22.7 Å². The summed E-state index contributed by atoms with van der Waals surface area (Å²) in [4.78, 5) is 10.6. The van der Waals surface area contributed by atoms with E-state index in [1.165, 1.54) is 0 Å². The monoisotopic (exact) mass is 261 g/mol. The van der Waals surface area contributed by atoms with Crippen LogP contribution in [0.15, 0.2) is 21.6 Å². The number of furan rings is 1. The third kappa shape index (κ3) is 3.31. The largest absolute Gasteiger partial charge is 0.475 e. The average molecular weight is 261 g/mol. The first kappa shape index (κ1) is 13.7. The van der Waals surface area contributed by atoms with Crippen LogP contribution in [-0.4, -0.2) is 25.5 Å². The molecule has 17 heavy (non-hydrogen) atoms. The Morgan fingerprint density at radius 3 is 2.41 bits per heavy atom. The Kier molecular flexibility index (Phi) is 4.30. The molecular weight excluding hydrogens is 246 g/mol. The summed E-state index contributed by atoms with van der Waals surface area (Å²) in [5.74, 6) is -1.69. The molecular formula is C10H15NO5S. The van der Waals surface area contributed by atoms with Gasteiger partial charge in [-0.3, -0.25) is 0 Å². The second kappa shape index (κ2) is 5.33. The van der Waals surface area contributed by atoms with Crippen molar-refractivity contribution in [2.24, 2.45) is 0 Å². The van der Waals surface area contributed by atoms with E-state index < -0.39 is 21.8 Å². The molecule has 0 aliphatic heterocycles. The molecule has 0 aliphatic rings. The summed E-state index contributed by atoms with van der Waals surface area (Å²) in [5, 5.41) is 8.26. The summed E-state index contributed by atoms with van der Waals surface area (Å²) >= 11 is 0. The molecule has 0 bridgehead atoms. The van der Waals surface area contributed by atoms with Crippen molar-refractivity contribution in [1.29, 1.82) is 0 Å². The fourth-order valence-corrected chi connectivity index (χ4v) is 2.65. The predicted octanol–water partition coefficient (Wildman–Crippen LogP) is 1.44. The lowest BCUT2D eigenvalue weighted by atomic mass is 10.2. The zero-order valence-electron chi connectivity index (χ0n) is 9.63. The van der Waals surface area contributed by atoms with Gasteiger partial charge in [0.2, 0.25) is 10.9 Å². The van der Waals surface area contributed by atoms with Crippen molar-refractivity contribution >= 4 is 16.0 Å². The van der Waals surface area contributed by atoms with Crippen LogP contribution >= 0.6 is 0 Å². The SMILES string of the molecule is CCC(CC)NS(=O)(=O)c1ccc(C(=O)O)o1. The molecule has 6 nitrogen and oxygen atoms in total. The smallest absolute Gasteiger partial charge is 0.371 e. The molecule has 1 aromatic rings. The van der Waals surface area contributed by atoms with Crippen LogP contribution < -0.4 is 4.72 Å². The van der Waals surface area contributed by atoms with E-state index in [-0.39, 0.29) is 11.1 Å². The van der Waals surface area contributed by atoms with Gasteiger partial charge >= 0.3 is 5.97 Å². The van der Waals surface area contributed by atoms with Gasteiger partial charge in [-0.2, -0.15) is 0 Å². The Labute approximate surface area is 99.7 Å². The number of carbonyl (C=O) groups is 1. The molecule has 0 amide bonds. The third-order valence-corrected chi connectivity index (χ3v) is 3.76. The second-order valence-electron chi connectivity index (χ2n) is 3.56. The van der Waals surface area contributed by atoms with E-state index in [0.29, 0.717) is 12.8 Å². The van der Waals surface area contributed by atoms with Gasteiger partial charge in [-0.25, -0.2) is 17.9 Å². The molecule has 1 rings (SSSR count). The van der Waals surface area contributed by atoms with Gasteiger partial charge < -0.3 is 9.52 Å². The van der Waals surface area contributed by atoms with Gasteiger partial charge in [-0.05, 0) is 25.0 Å². The van der Waals surface area contributed by atoms with Crippen molar-refractivity contribution in [2.45, 2.75) is 37.8 Å². The molecule has 0 aromatic carbocycles. The summed E-state index contributed by atoms with van der Waals surface area (Å²) in [6.07, 6.45) is 1.31. The number of hydrogen-bond donors (Lipinski definition) is 2. The van der Waals surface area contributed by atoms with Crippen molar-refractivity contribution in [1.82, 2.24) is 4.72 Å². The summed E-state index contributed by atoms with van der Waals surface area (Å²) in [6.45, 7) is 3.73. The molecule has 1 aromatic heterocycles. The lowest BCUT2D eigenvalue weighted by Gasteiger charge is -2.13. The van der Waals surface area contributed by atoms with Crippen LogP contribution in [0.5, 0.6) is 0 Å². The Balaban J connectivity index is 2.93. The number of carboxylic acid groups (broad SMARTS) is 1. The normalized spacial score (nSPS) is 11.9. The highest BCUT2D eigenvalue weighted by Gasteiger charge is 2.23. The highest BCUT2D eigenvalue weighted by molar-refractivity contribution is 7.89. The summed E-state index contributed by atoms with van der Waals surface area (Å²) in [7, 11) is -3.78. The van der Waals surface area contributed by atoms with Crippen molar-refractivity contribution in [3.63, 3.8) is 0 Å². The first-order chi connectivity index (χ1) is 7.90. The fraction of sp³-hybridized carbons (Fsp3) is 0.500. The van der Waals surface area contributed by atoms with Crippen LogP contribution in [-0.2, 0) is 10.0 Å². The van der Waals surface area contributed by atoms with E-state index in [1.54, 1.807) is 0 Å². The lowest BCUT2D eigenvalue weighted by Crippen LogP contribution is -2.33. The quantitative estimate of drug-likeness (QED) is 0.807. The minimum Gasteiger partial charge on any atom is -0.475 e. The highest BCUT2D eigenvalue weighted by Crippen LogP contribution is 2.15. The number of aromatic carboxylic acids is 1. The minimum atomic E-state index is -3.78. The Morgan fingerprint density at radius 1 is 1.41 bits per heavy atom. The summed E-state index contributed by atoms with van der Waals surface area (Å²) < 4.78 is 30.8. The number of nitrogens with one attached hydrogen (secondary N) is 1. The van der Waals surface area contributed by atoms with Gasteiger partial charge in [0.25, 0.3) is 10.0 Å². The summed E-state index contributed by atoms with van der Waals surface area (Å²) in [6, 6.07) is 2.07. The maximum atomic E-state index is 11.8. The first-order valence-corrected chi connectivity index (χ1v) is 6.74. The minimum absolute atomic E-state index is 0.182. The van der Waals surface area contributed by atoms with E-state index in [0.717, 1.165) is 12.1 Å². The molecule has 7 heteroatoms. The van der Waals surface area contributed by atoms with Gasteiger partial charge in [-0.1, -0.05) is 13.8 Å². The van der Waals surface area contributed by atoms with Gasteiger partial charge in [0, 0.05) is 6.04 Å². The van der Waals surface area contributed by atoms with Gasteiger partial charge in [0.05, 0.1) is 0 Å². The molecule has 0 fully saturated rings. The number of carboxylic acids is 1. The fourth-order valence-electron chi connectivity index (χ4n) is 1.31. The zero-order valence-corrected chi connectivity index (χ0v) is 10.5. The van der Waals surface area contributed by atoms with Crippen LogP contribution in [0.1, 0.15) is 37.2 Å². The molecule has 0 atom stereocenters. The Morgan fingerprint density at radius 2 is 2.00 bits per heavy atom. The highest BCUT2D eigenvalue weighted by atomic mass is 32.2. The maximum Gasteiger partial charge on any atom is 0.371 e. The second-order valence-corrected chi connectivity index (χ2v) is 5.20. The van der Waals surface area contributed by atoms with Crippen LogP contribution in [0, 0.1) is 0 Å². The molecule has 2 N–H and O–H groups in total. The van der Waals surface area contributed by atoms with Crippen molar-refractivity contribution in [2.75, 3.05) is 0 Å². The Hall–Kier alpha value is -1.34. The molecule has 0 aliphatic carbocycles. The van der Waals surface area contributed by atoms with E-state index >= 15 is 0 Å². The van der Waals surface area contributed by atoms with E-state index in [4.69, 9.17) is 9.52 Å². The van der Waals surface area contributed by atoms with Gasteiger partial charge in [0.1, 0.15) is 0 Å². The number of sulfonamides is 1. The molecule has 0 radical (unpaired) electrons. The molecule has 0 saturated carbocycles. The predicted molar refractivity (Wildman–Crippen MR) is 60.4 cm³/mol. The summed E-state index contributed by atoms with van der Waals surface area (Å²) in [5.41, 5.74) is 0. The molecule has 0 saturated heterocycles. The Bertz CT molecular complexity index is 487. The van der Waals surface area contributed by atoms with Crippen molar-refractivity contribution in [3.05, 3.63) is 17.9 Å².